The summed E-state index contributed by atoms with van der Waals surface area (Å²) >= 11 is 0. The number of rotatable bonds is 5. The van der Waals surface area contributed by atoms with Crippen molar-refractivity contribution in [1.82, 2.24) is 10.2 Å². The van der Waals surface area contributed by atoms with E-state index < -0.39 is 0 Å². The van der Waals surface area contributed by atoms with Crippen LogP contribution in [0.5, 0.6) is 0 Å². The number of hydrogen-bond donors (Lipinski definition) is 2. The van der Waals surface area contributed by atoms with Gasteiger partial charge in [0.05, 0.1) is 0 Å². The predicted octanol–water partition coefficient (Wildman–Crippen LogP) is 2.05. The zero-order valence-corrected chi connectivity index (χ0v) is 12.3. The highest BCUT2D eigenvalue weighted by Crippen LogP contribution is 2.20. The second-order valence-electron chi connectivity index (χ2n) is 6.16. The number of likely N-dealkylation sites (tertiary alicyclic amines) is 1. The highest BCUT2D eigenvalue weighted by Gasteiger charge is 2.23. The van der Waals surface area contributed by atoms with Crippen LogP contribution >= 0.6 is 0 Å². The fraction of sp³-hybridized carbons (Fsp3) is 0.929. The SMILES string of the molecule is CC(C)C(CNC1CCN(C(N)=O)CC1)C(C)C. The molecule has 1 rings (SSSR count). The van der Waals surface area contributed by atoms with Crippen molar-refractivity contribution in [1.29, 1.82) is 0 Å². The molecule has 0 unspecified atom stereocenters. The van der Waals surface area contributed by atoms with Gasteiger partial charge in [-0.1, -0.05) is 27.7 Å². The molecule has 1 heterocycles. The molecule has 0 aromatic carbocycles. The summed E-state index contributed by atoms with van der Waals surface area (Å²) in [5.74, 6) is 2.14. The number of piperidine rings is 1. The van der Waals surface area contributed by atoms with E-state index in [2.05, 4.69) is 33.0 Å². The highest BCUT2D eigenvalue weighted by molar-refractivity contribution is 5.72. The Balaban J connectivity index is 2.30. The third kappa shape index (κ3) is 4.48. The highest BCUT2D eigenvalue weighted by atomic mass is 16.2. The van der Waals surface area contributed by atoms with Gasteiger partial charge < -0.3 is 16.0 Å². The van der Waals surface area contributed by atoms with E-state index in [0.29, 0.717) is 17.9 Å². The van der Waals surface area contributed by atoms with Crippen molar-refractivity contribution in [2.24, 2.45) is 23.5 Å². The van der Waals surface area contributed by atoms with Gasteiger partial charge in [0, 0.05) is 19.1 Å². The lowest BCUT2D eigenvalue weighted by molar-refractivity contribution is 0.179. The first kappa shape index (κ1) is 15.3. The Kier molecular flexibility index (Phi) is 5.93. The zero-order valence-electron chi connectivity index (χ0n) is 12.3. The average Bonchev–Trinajstić information content (AvgIpc) is 2.28. The molecule has 0 bridgehead atoms. The van der Waals surface area contributed by atoms with Crippen LogP contribution in [0.2, 0.25) is 0 Å². The Morgan fingerprint density at radius 2 is 1.72 bits per heavy atom. The van der Waals surface area contributed by atoms with Gasteiger partial charge in [0.15, 0.2) is 0 Å². The third-order valence-electron chi connectivity index (χ3n) is 4.16. The number of nitrogens with one attached hydrogen (secondary N) is 1. The van der Waals surface area contributed by atoms with Gasteiger partial charge in [-0.2, -0.15) is 0 Å². The second kappa shape index (κ2) is 6.98. The molecular weight excluding hydrogens is 226 g/mol. The Labute approximate surface area is 111 Å². The molecule has 1 saturated heterocycles. The smallest absolute Gasteiger partial charge is 0.314 e. The minimum absolute atomic E-state index is 0.282. The number of nitrogens with two attached hydrogens (primary N) is 1. The molecule has 3 N–H and O–H groups in total. The molecule has 0 atom stereocenters. The summed E-state index contributed by atoms with van der Waals surface area (Å²) in [6, 6.07) is 0.260. The van der Waals surface area contributed by atoms with Crippen molar-refractivity contribution in [3.63, 3.8) is 0 Å². The van der Waals surface area contributed by atoms with Gasteiger partial charge in [-0.05, 0) is 37.1 Å². The number of nitrogens with zero attached hydrogens (tertiary/aromatic N) is 1. The summed E-state index contributed by atoms with van der Waals surface area (Å²) in [5, 5.41) is 3.67. The van der Waals surface area contributed by atoms with E-state index in [1.807, 2.05) is 0 Å². The first-order chi connectivity index (χ1) is 8.41. The van der Waals surface area contributed by atoms with Gasteiger partial charge in [-0.25, -0.2) is 4.79 Å². The van der Waals surface area contributed by atoms with Crippen molar-refractivity contribution in [2.45, 2.75) is 46.6 Å². The summed E-state index contributed by atoms with van der Waals surface area (Å²) in [6.45, 7) is 11.8. The van der Waals surface area contributed by atoms with Crippen LogP contribution in [0.15, 0.2) is 0 Å². The van der Waals surface area contributed by atoms with E-state index >= 15 is 0 Å². The molecule has 0 radical (unpaired) electrons. The molecule has 4 nitrogen and oxygen atoms in total. The van der Waals surface area contributed by atoms with Gasteiger partial charge in [-0.15, -0.1) is 0 Å². The second-order valence-corrected chi connectivity index (χ2v) is 6.16. The largest absolute Gasteiger partial charge is 0.351 e. The van der Waals surface area contributed by atoms with Gasteiger partial charge in [0.25, 0.3) is 0 Å². The molecule has 0 aromatic rings. The van der Waals surface area contributed by atoms with Crippen LogP contribution in [0.4, 0.5) is 4.79 Å². The zero-order chi connectivity index (χ0) is 13.7. The first-order valence-corrected chi connectivity index (χ1v) is 7.19. The van der Waals surface area contributed by atoms with Crippen LogP contribution in [-0.4, -0.2) is 36.6 Å². The van der Waals surface area contributed by atoms with Crippen molar-refractivity contribution in [3.05, 3.63) is 0 Å². The van der Waals surface area contributed by atoms with E-state index in [0.717, 1.165) is 38.4 Å². The van der Waals surface area contributed by atoms with Crippen LogP contribution in [0.1, 0.15) is 40.5 Å². The molecule has 4 heteroatoms. The molecule has 0 aromatic heterocycles. The summed E-state index contributed by atoms with van der Waals surface area (Å²) < 4.78 is 0. The summed E-state index contributed by atoms with van der Waals surface area (Å²) in [6.07, 6.45) is 2.04. The Morgan fingerprint density at radius 1 is 1.22 bits per heavy atom. The van der Waals surface area contributed by atoms with E-state index in [4.69, 9.17) is 5.73 Å². The van der Waals surface area contributed by atoms with Gasteiger partial charge in [0.2, 0.25) is 0 Å². The van der Waals surface area contributed by atoms with E-state index in [9.17, 15) is 4.79 Å². The number of carbonyl (C=O) groups excluding carboxylic acids is 1. The number of primary amides is 1. The fourth-order valence-corrected chi connectivity index (χ4v) is 2.85. The van der Waals surface area contributed by atoms with E-state index in [1.165, 1.54) is 0 Å². The quantitative estimate of drug-likeness (QED) is 0.790. The van der Waals surface area contributed by atoms with Crippen molar-refractivity contribution in [2.75, 3.05) is 19.6 Å². The molecule has 2 amide bonds. The fourth-order valence-electron chi connectivity index (χ4n) is 2.85. The Morgan fingerprint density at radius 3 is 2.11 bits per heavy atom. The van der Waals surface area contributed by atoms with Crippen molar-refractivity contribution < 1.29 is 4.79 Å². The maximum Gasteiger partial charge on any atom is 0.314 e. The standard InChI is InChI=1S/C14H29N3O/c1-10(2)13(11(3)4)9-16-12-5-7-17(8-6-12)14(15)18/h10-13,16H,5-9H2,1-4H3,(H2,15,18). The first-order valence-electron chi connectivity index (χ1n) is 7.19. The topological polar surface area (TPSA) is 58.4 Å². The molecule has 0 aliphatic carbocycles. The van der Waals surface area contributed by atoms with Crippen LogP contribution in [0, 0.1) is 17.8 Å². The molecular formula is C14H29N3O. The Bertz CT molecular complexity index is 250. The van der Waals surface area contributed by atoms with Gasteiger partial charge in [-0.3, -0.25) is 0 Å². The number of amides is 2. The maximum absolute atomic E-state index is 11.0. The lowest BCUT2D eigenvalue weighted by atomic mass is 9.85. The summed E-state index contributed by atoms with van der Waals surface area (Å²) in [7, 11) is 0. The molecule has 106 valence electrons. The number of carbonyl (C=O) groups is 1. The maximum atomic E-state index is 11.0. The minimum atomic E-state index is -0.282. The normalized spacial score (nSPS) is 18.1. The lowest BCUT2D eigenvalue weighted by Crippen LogP contribution is -2.48. The van der Waals surface area contributed by atoms with Gasteiger partial charge in [0.1, 0.15) is 0 Å². The monoisotopic (exact) mass is 255 g/mol. The lowest BCUT2D eigenvalue weighted by Gasteiger charge is -2.33. The number of hydrogen-bond acceptors (Lipinski definition) is 2. The van der Waals surface area contributed by atoms with E-state index in [-0.39, 0.29) is 6.03 Å². The predicted molar refractivity (Wildman–Crippen MR) is 75.3 cm³/mol. The van der Waals surface area contributed by atoms with Gasteiger partial charge >= 0.3 is 6.03 Å². The molecule has 1 aliphatic rings. The van der Waals surface area contributed by atoms with Crippen molar-refractivity contribution in [3.8, 4) is 0 Å². The number of urea groups is 1. The summed E-state index contributed by atoms with van der Waals surface area (Å²) in [5.41, 5.74) is 5.28. The molecule has 0 spiro atoms. The van der Waals surface area contributed by atoms with Crippen LogP contribution in [0.25, 0.3) is 0 Å². The van der Waals surface area contributed by atoms with Crippen LogP contribution in [-0.2, 0) is 0 Å². The third-order valence-corrected chi connectivity index (χ3v) is 4.16. The Hall–Kier alpha value is -0.770. The van der Waals surface area contributed by atoms with Crippen LogP contribution < -0.4 is 11.1 Å². The molecule has 0 saturated carbocycles. The van der Waals surface area contributed by atoms with E-state index in [1.54, 1.807) is 4.90 Å². The molecule has 18 heavy (non-hydrogen) atoms. The minimum Gasteiger partial charge on any atom is -0.351 e. The van der Waals surface area contributed by atoms with Crippen molar-refractivity contribution >= 4 is 6.03 Å². The van der Waals surface area contributed by atoms with Crippen LogP contribution in [0.3, 0.4) is 0 Å². The summed E-state index contributed by atoms with van der Waals surface area (Å²) in [4.78, 5) is 12.8. The average molecular weight is 255 g/mol. The molecule has 1 fully saturated rings. The molecule has 1 aliphatic heterocycles.